The third-order valence-corrected chi connectivity index (χ3v) is 7.39. The molecular weight excluding hydrogens is 438 g/mol. The van der Waals surface area contributed by atoms with Crippen molar-refractivity contribution in [2.24, 2.45) is 0 Å². The number of fused-ring (bicyclic) bond motifs is 1. The molecule has 1 atom stereocenters. The van der Waals surface area contributed by atoms with Gasteiger partial charge < -0.3 is 10.3 Å². The zero-order valence-corrected chi connectivity index (χ0v) is 19.8. The number of H-pyrrole nitrogens is 1. The number of benzene rings is 2. The number of thioether (sulfide) groups is 1. The van der Waals surface area contributed by atoms with Gasteiger partial charge >= 0.3 is 0 Å². The number of rotatable bonds is 7. The summed E-state index contributed by atoms with van der Waals surface area (Å²) in [6.45, 7) is 6.16. The Labute approximate surface area is 195 Å². The molecule has 0 saturated heterocycles. The number of thiophene rings is 1. The van der Waals surface area contributed by atoms with Crippen LogP contribution in [0.3, 0.4) is 0 Å². The number of aromatic amines is 1. The first-order valence-corrected chi connectivity index (χ1v) is 12.4. The van der Waals surface area contributed by atoms with E-state index < -0.39 is 0 Å². The third kappa shape index (κ3) is 4.64. The van der Waals surface area contributed by atoms with E-state index in [9.17, 15) is 9.59 Å². The average Bonchev–Trinajstić information content (AvgIpc) is 3.23. The average molecular weight is 464 g/mol. The Morgan fingerprint density at radius 3 is 2.56 bits per heavy atom. The lowest BCUT2D eigenvalue weighted by atomic mass is 10.0. The highest BCUT2D eigenvalue weighted by molar-refractivity contribution is 8.00. The number of hydrogen-bond acceptors (Lipinski definition) is 5. The van der Waals surface area contributed by atoms with E-state index in [1.54, 1.807) is 0 Å². The number of nitrogens with one attached hydrogen (secondary N) is 2. The van der Waals surface area contributed by atoms with Crippen molar-refractivity contribution in [2.45, 2.75) is 43.5 Å². The number of amides is 1. The highest BCUT2D eigenvalue weighted by Gasteiger charge is 2.22. The van der Waals surface area contributed by atoms with Crippen LogP contribution in [-0.2, 0) is 4.79 Å². The molecule has 2 aromatic heterocycles. The molecule has 2 N–H and O–H groups in total. The molecule has 0 radical (unpaired) electrons. The fraction of sp³-hybridized carbons (Fsp3) is 0.240. The number of nitrogens with zero attached hydrogens (tertiary/aromatic N) is 1. The number of para-hydroxylation sites is 1. The SMILES string of the molecule is CCC(Sc1nc2scc(-c3ccccc3)c2c(=O)[nH]1)C(=O)Nc1ccccc1C(C)C. The Kier molecular flexibility index (Phi) is 6.77. The summed E-state index contributed by atoms with van der Waals surface area (Å²) in [5.74, 6) is 0.210. The van der Waals surface area contributed by atoms with E-state index in [2.05, 4.69) is 29.1 Å². The molecule has 1 unspecified atom stereocenters. The number of anilines is 1. The molecule has 0 bridgehead atoms. The molecule has 164 valence electrons. The number of aromatic nitrogens is 2. The van der Waals surface area contributed by atoms with Crippen molar-refractivity contribution in [2.75, 3.05) is 5.32 Å². The van der Waals surface area contributed by atoms with Crippen LogP contribution in [-0.4, -0.2) is 21.1 Å². The van der Waals surface area contributed by atoms with Gasteiger partial charge in [-0.3, -0.25) is 9.59 Å². The van der Waals surface area contributed by atoms with E-state index in [0.717, 1.165) is 22.4 Å². The minimum atomic E-state index is -0.371. The molecule has 0 aliphatic heterocycles. The molecule has 1 amide bonds. The van der Waals surface area contributed by atoms with Gasteiger partial charge in [-0.05, 0) is 29.5 Å². The van der Waals surface area contributed by atoms with Gasteiger partial charge in [0.15, 0.2) is 5.16 Å². The van der Waals surface area contributed by atoms with Crippen molar-refractivity contribution in [3.8, 4) is 11.1 Å². The highest BCUT2D eigenvalue weighted by Crippen LogP contribution is 2.32. The molecule has 2 aromatic carbocycles. The largest absolute Gasteiger partial charge is 0.325 e. The Morgan fingerprint density at radius 2 is 1.84 bits per heavy atom. The number of carbonyl (C=O) groups is 1. The minimum Gasteiger partial charge on any atom is -0.325 e. The normalized spacial score (nSPS) is 12.2. The molecule has 4 aromatic rings. The quantitative estimate of drug-likeness (QED) is 0.250. The maximum absolute atomic E-state index is 13.0. The van der Waals surface area contributed by atoms with E-state index in [4.69, 9.17) is 0 Å². The maximum atomic E-state index is 13.0. The topological polar surface area (TPSA) is 74.8 Å². The molecular formula is C25H25N3O2S2. The van der Waals surface area contributed by atoms with Crippen molar-refractivity contribution in [1.29, 1.82) is 0 Å². The minimum absolute atomic E-state index is 0.0931. The molecule has 32 heavy (non-hydrogen) atoms. The smallest absolute Gasteiger partial charge is 0.260 e. The molecule has 4 rings (SSSR count). The van der Waals surface area contributed by atoms with Crippen LogP contribution in [0.15, 0.2) is 69.9 Å². The molecule has 7 heteroatoms. The molecule has 2 heterocycles. The van der Waals surface area contributed by atoms with E-state index in [0.29, 0.717) is 27.7 Å². The second kappa shape index (κ2) is 9.71. The van der Waals surface area contributed by atoms with Gasteiger partial charge in [-0.15, -0.1) is 11.3 Å². The van der Waals surface area contributed by atoms with Gasteiger partial charge in [0.05, 0.1) is 10.6 Å². The predicted octanol–water partition coefficient (Wildman–Crippen LogP) is 6.28. The second-order valence-electron chi connectivity index (χ2n) is 7.81. The van der Waals surface area contributed by atoms with Gasteiger partial charge in [-0.1, -0.05) is 81.1 Å². The monoisotopic (exact) mass is 463 g/mol. The summed E-state index contributed by atoms with van der Waals surface area (Å²) in [5.41, 5.74) is 3.61. The summed E-state index contributed by atoms with van der Waals surface area (Å²) in [6.07, 6.45) is 0.613. The van der Waals surface area contributed by atoms with E-state index >= 15 is 0 Å². The fourth-order valence-corrected chi connectivity index (χ4v) is 5.50. The van der Waals surface area contributed by atoms with E-state index in [1.807, 2.05) is 66.9 Å². The maximum Gasteiger partial charge on any atom is 0.260 e. The Bertz CT molecular complexity index is 1300. The first kappa shape index (κ1) is 22.3. The summed E-state index contributed by atoms with van der Waals surface area (Å²) in [6, 6.07) is 17.7. The molecule has 0 aliphatic carbocycles. The lowest BCUT2D eigenvalue weighted by molar-refractivity contribution is -0.115. The number of hydrogen-bond donors (Lipinski definition) is 2. The predicted molar refractivity (Wildman–Crippen MR) is 135 cm³/mol. The van der Waals surface area contributed by atoms with Crippen LogP contribution < -0.4 is 10.9 Å². The van der Waals surface area contributed by atoms with Crippen molar-refractivity contribution in [3.05, 3.63) is 75.9 Å². The van der Waals surface area contributed by atoms with Gasteiger partial charge in [0.2, 0.25) is 5.91 Å². The third-order valence-electron chi connectivity index (χ3n) is 5.26. The van der Waals surface area contributed by atoms with Crippen LogP contribution in [0.1, 0.15) is 38.7 Å². The molecule has 0 saturated carbocycles. The van der Waals surface area contributed by atoms with Crippen molar-refractivity contribution >= 4 is 44.9 Å². The van der Waals surface area contributed by atoms with Crippen molar-refractivity contribution in [1.82, 2.24) is 9.97 Å². The van der Waals surface area contributed by atoms with Crippen LogP contribution in [0.4, 0.5) is 5.69 Å². The highest BCUT2D eigenvalue weighted by atomic mass is 32.2. The molecule has 0 spiro atoms. The molecule has 0 aliphatic rings. The van der Waals surface area contributed by atoms with Gasteiger partial charge in [-0.25, -0.2) is 4.98 Å². The van der Waals surface area contributed by atoms with Gasteiger partial charge in [0.25, 0.3) is 5.56 Å². The van der Waals surface area contributed by atoms with Crippen LogP contribution >= 0.6 is 23.1 Å². The van der Waals surface area contributed by atoms with Crippen LogP contribution in [0.5, 0.6) is 0 Å². The second-order valence-corrected chi connectivity index (χ2v) is 9.86. The summed E-state index contributed by atoms with van der Waals surface area (Å²) in [7, 11) is 0. The van der Waals surface area contributed by atoms with Crippen LogP contribution in [0.25, 0.3) is 21.3 Å². The fourth-order valence-electron chi connectivity index (χ4n) is 3.60. The summed E-state index contributed by atoms with van der Waals surface area (Å²) in [4.78, 5) is 34.1. The Balaban J connectivity index is 1.58. The van der Waals surface area contributed by atoms with Crippen LogP contribution in [0, 0.1) is 0 Å². The standard InChI is InChI=1S/C25H25N3O2S2/c1-4-20(22(29)26-19-13-9-8-12-17(19)15(2)3)32-25-27-23(30)21-18(14-31-24(21)28-25)16-10-6-5-7-11-16/h5-15,20H,4H2,1-3H3,(H,26,29)(H,27,28,30). The lowest BCUT2D eigenvalue weighted by Crippen LogP contribution is -2.26. The molecule has 5 nitrogen and oxygen atoms in total. The first-order chi connectivity index (χ1) is 15.5. The first-order valence-electron chi connectivity index (χ1n) is 10.6. The Hall–Kier alpha value is -2.90. The van der Waals surface area contributed by atoms with Crippen molar-refractivity contribution < 1.29 is 4.79 Å². The van der Waals surface area contributed by atoms with Gasteiger partial charge in [0.1, 0.15) is 4.83 Å². The summed E-state index contributed by atoms with van der Waals surface area (Å²) < 4.78 is 0. The lowest BCUT2D eigenvalue weighted by Gasteiger charge is -2.17. The zero-order chi connectivity index (χ0) is 22.7. The Morgan fingerprint density at radius 1 is 1.12 bits per heavy atom. The number of carbonyl (C=O) groups excluding carboxylic acids is 1. The van der Waals surface area contributed by atoms with E-state index in [1.165, 1.54) is 23.1 Å². The van der Waals surface area contributed by atoms with Gasteiger partial charge in [-0.2, -0.15) is 0 Å². The van der Waals surface area contributed by atoms with Gasteiger partial charge in [0, 0.05) is 16.6 Å². The van der Waals surface area contributed by atoms with Crippen molar-refractivity contribution in [3.63, 3.8) is 0 Å². The summed E-state index contributed by atoms with van der Waals surface area (Å²) >= 11 is 2.74. The summed E-state index contributed by atoms with van der Waals surface area (Å²) in [5, 5.41) is 5.71. The van der Waals surface area contributed by atoms with E-state index in [-0.39, 0.29) is 16.7 Å². The van der Waals surface area contributed by atoms with Crippen LogP contribution in [0.2, 0.25) is 0 Å². The zero-order valence-electron chi connectivity index (χ0n) is 18.2. The molecule has 0 fully saturated rings.